The minimum atomic E-state index is -0.180. The Morgan fingerprint density at radius 3 is 2.72 bits per heavy atom. The standard InChI is InChI=1S/C23H27N3O2S/c1-26-12-10-17(11-13-26)23-25-19-9-8-18(14-21(19)29-23)22(27)24-20(15-28-2)16-6-4-3-5-7-16/h3-9,14,17,20H,10-13,15H2,1-2H3,(H,24,27)/t20-/m1/s1. The number of benzene rings is 2. The summed E-state index contributed by atoms with van der Waals surface area (Å²) in [4.78, 5) is 20.1. The number of aromatic nitrogens is 1. The zero-order valence-electron chi connectivity index (χ0n) is 16.9. The molecule has 0 saturated carbocycles. The number of amides is 1. The molecule has 0 bridgehead atoms. The van der Waals surface area contributed by atoms with Gasteiger partial charge in [-0.05, 0) is 56.7 Å². The van der Waals surface area contributed by atoms with Crippen LogP contribution in [0.15, 0.2) is 48.5 Å². The molecule has 152 valence electrons. The second-order valence-electron chi connectivity index (χ2n) is 7.70. The first-order chi connectivity index (χ1) is 14.1. The van der Waals surface area contributed by atoms with Crippen LogP contribution in [0.2, 0.25) is 0 Å². The predicted molar refractivity (Wildman–Crippen MR) is 118 cm³/mol. The molecule has 5 nitrogen and oxygen atoms in total. The fourth-order valence-electron chi connectivity index (χ4n) is 3.83. The molecule has 0 radical (unpaired) electrons. The topological polar surface area (TPSA) is 54.5 Å². The summed E-state index contributed by atoms with van der Waals surface area (Å²) in [5, 5.41) is 4.31. The van der Waals surface area contributed by atoms with Gasteiger partial charge in [0.05, 0.1) is 27.9 Å². The minimum Gasteiger partial charge on any atom is -0.382 e. The number of thiazole rings is 1. The zero-order chi connectivity index (χ0) is 20.2. The number of fused-ring (bicyclic) bond motifs is 1. The maximum atomic E-state index is 12.9. The highest BCUT2D eigenvalue weighted by molar-refractivity contribution is 7.18. The van der Waals surface area contributed by atoms with Crippen molar-refractivity contribution in [2.24, 2.45) is 0 Å². The summed E-state index contributed by atoms with van der Waals surface area (Å²) >= 11 is 1.73. The second kappa shape index (κ2) is 9.03. The summed E-state index contributed by atoms with van der Waals surface area (Å²) in [5.41, 5.74) is 2.68. The van der Waals surface area contributed by atoms with Gasteiger partial charge in [-0.2, -0.15) is 0 Å². The van der Waals surface area contributed by atoms with Gasteiger partial charge in [0, 0.05) is 18.6 Å². The van der Waals surface area contributed by atoms with Crippen molar-refractivity contribution in [3.05, 3.63) is 64.7 Å². The fourth-order valence-corrected chi connectivity index (χ4v) is 5.00. The van der Waals surface area contributed by atoms with Gasteiger partial charge in [0.15, 0.2) is 0 Å². The van der Waals surface area contributed by atoms with Gasteiger partial charge < -0.3 is 15.0 Å². The molecule has 29 heavy (non-hydrogen) atoms. The molecule has 3 aromatic rings. The van der Waals surface area contributed by atoms with E-state index in [1.807, 2.05) is 48.5 Å². The lowest BCUT2D eigenvalue weighted by Gasteiger charge is -2.27. The summed E-state index contributed by atoms with van der Waals surface area (Å²) < 4.78 is 6.40. The molecule has 1 aliphatic rings. The number of nitrogens with one attached hydrogen (secondary N) is 1. The number of hydrogen-bond acceptors (Lipinski definition) is 5. The largest absolute Gasteiger partial charge is 0.382 e. The molecule has 1 saturated heterocycles. The summed E-state index contributed by atoms with van der Waals surface area (Å²) in [6.45, 7) is 2.67. The van der Waals surface area contributed by atoms with E-state index in [1.54, 1.807) is 18.4 Å². The average Bonchev–Trinajstić information content (AvgIpc) is 3.18. The molecule has 1 atom stereocenters. The van der Waals surface area contributed by atoms with E-state index in [0.717, 1.165) is 41.7 Å². The molecule has 0 spiro atoms. The SMILES string of the molecule is COC[C@@H](NC(=O)c1ccc2nc(C3CCN(C)CC3)sc2c1)c1ccccc1. The number of piperidine rings is 1. The molecular formula is C23H27N3O2S. The van der Waals surface area contributed by atoms with E-state index in [9.17, 15) is 4.79 Å². The van der Waals surface area contributed by atoms with Gasteiger partial charge in [0.2, 0.25) is 0 Å². The lowest BCUT2D eigenvalue weighted by molar-refractivity contribution is 0.0896. The van der Waals surface area contributed by atoms with Crippen LogP contribution in [-0.4, -0.2) is 49.6 Å². The van der Waals surface area contributed by atoms with Crippen molar-refractivity contribution in [2.45, 2.75) is 24.8 Å². The number of methoxy groups -OCH3 is 1. The normalized spacial score (nSPS) is 16.8. The number of hydrogen-bond donors (Lipinski definition) is 1. The van der Waals surface area contributed by atoms with Gasteiger partial charge in [-0.15, -0.1) is 11.3 Å². The van der Waals surface area contributed by atoms with Crippen LogP contribution in [0.1, 0.15) is 45.7 Å². The highest BCUT2D eigenvalue weighted by atomic mass is 32.1. The second-order valence-corrected chi connectivity index (χ2v) is 8.77. The van der Waals surface area contributed by atoms with Gasteiger partial charge in [-0.1, -0.05) is 30.3 Å². The van der Waals surface area contributed by atoms with Crippen LogP contribution >= 0.6 is 11.3 Å². The molecule has 0 unspecified atom stereocenters. The highest BCUT2D eigenvalue weighted by Crippen LogP contribution is 2.34. The van der Waals surface area contributed by atoms with Gasteiger partial charge in [-0.3, -0.25) is 4.79 Å². The molecule has 4 rings (SSSR count). The van der Waals surface area contributed by atoms with Gasteiger partial charge >= 0.3 is 0 Å². The maximum absolute atomic E-state index is 12.9. The van der Waals surface area contributed by atoms with E-state index < -0.39 is 0 Å². The molecule has 1 amide bonds. The Bertz CT molecular complexity index is 965. The smallest absolute Gasteiger partial charge is 0.251 e. The van der Waals surface area contributed by atoms with Crippen molar-refractivity contribution in [1.29, 1.82) is 0 Å². The number of likely N-dealkylation sites (tertiary alicyclic amines) is 1. The Morgan fingerprint density at radius 1 is 1.24 bits per heavy atom. The van der Waals surface area contributed by atoms with Crippen LogP contribution in [0.4, 0.5) is 0 Å². The molecule has 1 aromatic heterocycles. The van der Waals surface area contributed by atoms with E-state index in [-0.39, 0.29) is 11.9 Å². The van der Waals surface area contributed by atoms with E-state index in [2.05, 4.69) is 17.3 Å². The number of carbonyl (C=O) groups is 1. The summed E-state index contributed by atoms with van der Waals surface area (Å²) in [7, 11) is 3.82. The first-order valence-electron chi connectivity index (χ1n) is 10.1. The monoisotopic (exact) mass is 409 g/mol. The number of rotatable bonds is 6. The van der Waals surface area contributed by atoms with Gasteiger partial charge in [0.1, 0.15) is 0 Å². The van der Waals surface area contributed by atoms with Crippen molar-refractivity contribution in [3.8, 4) is 0 Å². The van der Waals surface area contributed by atoms with E-state index in [0.29, 0.717) is 18.1 Å². The van der Waals surface area contributed by atoms with Crippen LogP contribution in [0.5, 0.6) is 0 Å². The lowest BCUT2D eigenvalue weighted by Crippen LogP contribution is -2.31. The first-order valence-corrected chi connectivity index (χ1v) is 10.9. The van der Waals surface area contributed by atoms with Crippen molar-refractivity contribution in [2.75, 3.05) is 33.9 Å². The fraction of sp³-hybridized carbons (Fsp3) is 0.391. The van der Waals surface area contributed by atoms with Crippen molar-refractivity contribution >= 4 is 27.5 Å². The van der Waals surface area contributed by atoms with Crippen LogP contribution in [0, 0.1) is 0 Å². The number of carbonyl (C=O) groups excluding carboxylic acids is 1. The summed E-state index contributed by atoms with van der Waals surface area (Å²) in [5.74, 6) is 0.442. The molecule has 1 fully saturated rings. The highest BCUT2D eigenvalue weighted by Gasteiger charge is 2.22. The van der Waals surface area contributed by atoms with Crippen LogP contribution in [0.25, 0.3) is 10.2 Å². The molecule has 1 N–H and O–H groups in total. The first kappa shape index (κ1) is 20.0. The third-order valence-corrected chi connectivity index (χ3v) is 6.76. The third kappa shape index (κ3) is 4.66. The van der Waals surface area contributed by atoms with Crippen LogP contribution < -0.4 is 5.32 Å². The Kier molecular flexibility index (Phi) is 6.23. The minimum absolute atomic E-state index is 0.0907. The quantitative estimate of drug-likeness (QED) is 0.662. The molecule has 1 aliphatic heterocycles. The Morgan fingerprint density at radius 2 is 2.00 bits per heavy atom. The Hall–Kier alpha value is -2.28. The Labute approximate surface area is 175 Å². The lowest BCUT2D eigenvalue weighted by atomic mass is 9.98. The van der Waals surface area contributed by atoms with Crippen molar-refractivity contribution in [3.63, 3.8) is 0 Å². The summed E-state index contributed by atoms with van der Waals surface area (Å²) in [6, 6.07) is 15.5. The van der Waals surface area contributed by atoms with E-state index >= 15 is 0 Å². The summed E-state index contributed by atoms with van der Waals surface area (Å²) in [6.07, 6.45) is 2.30. The predicted octanol–water partition coefficient (Wildman–Crippen LogP) is 4.22. The van der Waals surface area contributed by atoms with Crippen LogP contribution in [-0.2, 0) is 4.74 Å². The zero-order valence-corrected chi connectivity index (χ0v) is 17.7. The van der Waals surface area contributed by atoms with Gasteiger partial charge in [0.25, 0.3) is 5.91 Å². The van der Waals surface area contributed by atoms with Crippen LogP contribution in [0.3, 0.4) is 0 Å². The van der Waals surface area contributed by atoms with E-state index in [1.165, 1.54) is 5.01 Å². The average molecular weight is 410 g/mol. The molecule has 6 heteroatoms. The third-order valence-electron chi connectivity index (χ3n) is 5.58. The molecule has 0 aliphatic carbocycles. The number of nitrogens with zero attached hydrogens (tertiary/aromatic N) is 2. The maximum Gasteiger partial charge on any atom is 0.251 e. The Balaban J connectivity index is 1.51. The molecule has 2 heterocycles. The van der Waals surface area contributed by atoms with E-state index in [4.69, 9.17) is 9.72 Å². The van der Waals surface area contributed by atoms with Gasteiger partial charge in [-0.25, -0.2) is 4.98 Å². The van der Waals surface area contributed by atoms with Crippen molar-refractivity contribution in [1.82, 2.24) is 15.2 Å². The van der Waals surface area contributed by atoms with Crippen molar-refractivity contribution < 1.29 is 9.53 Å². The number of ether oxygens (including phenoxy) is 1. The molecule has 2 aromatic carbocycles. The molecular weight excluding hydrogens is 382 g/mol.